The summed E-state index contributed by atoms with van der Waals surface area (Å²) in [6.07, 6.45) is 24.8. The fourth-order valence-corrected chi connectivity index (χ4v) is 5.86. The summed E-state index contributed by atoms with van der Waals surface area (Å²) in [6, 6.07) is 0. The summed E-state index contributed by atoms with van der Waals surface area (Å²) >= 11 is 0. The van der Waals surface area contributed by atoms with Crippen LogP contribution in [0.4, 0.5) is 0 Å². The molecule has 1 aliphatic rings. The average molecular weight is 713 g/mol. The zero-order valence-corrected chi connectivity index (χ0v) is 31.4. The van der Waals surface area contributed by atoms with Crippen molar-refractivity contribution in [2.75, 3.05) is 19.8 Å². The van der Waals surface area contributed by atoms with Crippen LogP contribution in [0.1, 0.15) is 162 Å². The number of aliphatic hydroxyl groups excluding tert-OH is 4. The molecule has 0 spiro atoms. The molecule has 10 nitrogen and oxygen atoms in total. The smallest absolute Gasteiger partial charge is 0.306 e. The van der Waals surface area contributed by atoms with Gasteiger partial charge in [0.25, 0.3) is 0 Å². The number of allylic oxidation sites excluding steroid dienone is 4. The minimum Gasteiger partial charge on any atom is -0.462 e. The minimum atomic E-state index is -1.59. The summed E-state index contributed by atoms with van der Waals surface area (Å²) in [7, 11) is 0. The molecule has 0 saturated carbocycles. The van der Waals surface area contributed by atoms with E-state index < -0.39 is 49.4 Å². The molecule has 50 heavy (non-hydrogen) atoms. The molecule has 1 saturated heterocycles. The second-order valence-electron chi connectivity index (χ2n) is 13.7. The van der Waals surface area contributed by atoms with Crippen LogP contribution < -0.4 is 0 Å². The number of esters is 2. The van der Waals surface area contributed by atoms with Gasteiger partial charge >= 0.3 is 11.9 Å². The molecule has 6 unspecified atom stereocenters. The van der Waals surface area contributed by atoms with Gasteiger partial charge in [-0.3, -0.25) is 9.59 Å². The van der Waals surface area contributed by atoms with Crippen LogP contribution >= 0.6 is 0 Å². The van der Waals surface area contributed by atoms with Crippen LogP contribution in [-0.4, -0.2) is 89.0 Å². The first-order chi connectivity index (χ1) is 24.3. The maximum absolute atomic E-state index is 12.7. The van der Waals surface area contributed by atoms with Crippen LogP contribution in [-0.2, 0) is 28.5 Å². The second kappa shape index (κ2) is 31.9. The van der Waals surface area contributed by atoms with Gasteiger partial charge in [-0.25, -0.2) is 0 Å². The van der Waals surface area contributed by atoms with Crippen molar-refractivity contribution < 1.29 is 49.0 Å². The molecule has 0 amide bonds. The van der Waals surface area contributed by atoms with Crippen LogP contribution in [0.15, 0.2) is 24.3 Å². The molecule has 0 aromatic carbocycles. The molecule has 1 heterocycles. The standard InChI is InChI=1S/C40H72O10/c1-3-5-7-9-11-13-14-15-16-17-18-19-21-23-25-27-29-36(43)49-33(32-48-40-39(46)38(45)37(44)34(30-41)50-40)31-47-35(42)28-26-24-22-20-12-10-8-6-4-2/h13-14,16-17,33-34,37-41,44-46H,3-12,15,18-32H2,1-2H3/b14-13-,17-16-. The van der Waals surface area contributed by atoms with Crippen LogP contribution in [0.2, 0.25) is 0 Å². The summed E-state index contributed by atoms with van der Waals surface area (Å²) < 4.78 is 22.0. The van der Waals surface area contributed by atoms with Crippen molar-refractivity contribution in [1.29, 1.82) is 0 Å². The van der Waals surface area contributed by atoms with E-state index >= 15 is 0 Å². The molecule has 0 bridgehead atoms. The van der Waals surface area contributed by atoms with Gasteiger partial charge in [0.15, 0.2) is 12.4 Å². The zero-order valence-electron chi connectivity index (χ0n) is 31.4. The zero-order chi connectivity index (χ0) is 36.7. The number of hydrogen-bond donors (Lipinski definition) is 4. The molecule has 0 radical (unpaired) electrons. The monoisotopic (exact) mass is 713 g/mol. The molecule has 292 valence electrons. The molecule has 0 aromatic heterocycles. The minimum absolute atomic E-state index is 0.216. The molecule has 1 aliphatic heterocycles. The molecule has 0 aromatic rings. The maximum atomic E-state index is 12.7. The normalized spacial score (nSPS) is 21.6. The van der Waals surface area contributed by atoms with E-state index in [1.54, 1.807) is 0 Å². The molecule has 1 rings (SSSR count). The maximum Gasteiger partial charge on any atom is 0.306 e. The van der Waals surface area contributed by atoms with Crippen molar-refractivity contribution in [3.8, 4) is 0 Å². The number of rotatable bonds is 32. The number of carbonyl (C=O) groups is 2. The van der Waals surface area contributed by atoms with Crippen molar-refractivity contribution in [2.24, 2.45) is 0 Å². The number of ether oxygens (including phenoxy) is 4. The summed E-state index contributed by atoms with van der Waals surface area (Å²) in [5.74, 6) is -0.824. The topological polar surface area (TPSA) is 152 Å². The van der Waals surface area contributed by atoms with E-state index in [4.69, 9.17) is 18.9 Å². The van der Waals surface area contributed by atoms with E-state index in [-0.39, 0.29) is 32.0 Å². The third kappa shape index (κ3) is 23.6. The number of aliphatic hydroxyl groups is 4. The first kappa shape index (κ1) is 46.2. The van der Waals surface area contributed by atoms with Gasteiger partial charge in [0.1, 0.15) is 31.0 Å². The van der Waals surface area contributed by atoms with Gasteiger partial charge < -0.3 is 39.4 Å². The van der Waals surface area contributed by atoms with Crippen LogP contribution in [0.3, 0.4) is 0 Å². The summed E-state index contributed by atoms with van der Waals surface area (Å²) in [4.78, 5) is 25.1. The van der Waals surface area contributed by atoms with Crippen molar-refractivity contribution in [2.45, 2.75) is 198 Å². The van der Waals surface area contributed by atoms with Gasteiger partial charge in [0.05, 0.1) is 13.2 Å². The van der Waals surface area contributed by atoms with E-state index in [0.29, 0.717) is 6.42 Å². The van der Waals surface area contributed by atoms with Crippen molar-refractivity contribution in [1.82, 2.24) is 0 Å². The Morgan fingerprint density at radius 3 is 1.68 bits per heavy atom. The predicted molar refractivity (Wildman–Crippen MR) is 196 cm³/mol. The lowest BCUT2D eigenvalue weighted by molar-refractivity contribution is -0.305. The Morgan fingerprint density at radius 1 is 0.620 bits per heavy atom. The highest BCUT2D eigenvalue weighted by Crippen LogP contribution is 2.22. The first-order valence-electron chi connectivity index (χ1n) is 19.9. The van der Waals surface area contributed by atoms with Crippen LogP contribution in [0.5, 0.6) is 0 Å². The average Bonchev–Trinajstić information content (AvgIpc) is 3.11. The fourth-order valence-electron chi connectivity index (χ4n) is 5.86. The lowest BCUT2D eigenvalue weighted by Gasteiger charge is -2.39. The Hall–Kier alpha value is -1.82. The number of unbranched alkanes of at least 4 members (excludes halogenated alkanes) is 17. The van der Waals surface area contributed by atoms with Gasteiger partial charge in [0, 0.05) is 12.8 Å². The Morgan fingerprint density at radius 2 is 1.12 bits per heavy atom. The van der Waals surface area contributed by atoms with Gasteiger partial charge in [-0.1, -0.05) is 128 Å². The highest BCUT2D eigenvalue weighted by molar-refractivity contribution is 5.70. The summed E-state index contributed by atoms with van der Waals surface area (Å²) in [5, 5.41) is 39.9. The third-order valence-electron chi connectivity index (χ3n) is 9.09. The first-order valence-corrected chi connectivity index (χ1v) is 19.9. The Labute approximate surface area is 303 Å². The van der Waals surface area contributed by atoms with Crippen LogP contribution in [0, 0.1) is 0 Å². The molecular weight excluding hydrogens is 640 g/mol. The molecule has 10 heteroatoms. The molecule has 4 N–H and O–H groups in total. The van der Waals surface area contributed by atoms with E-state index in [1.807, 2.05) is 0 Å². The number of carbonyl (C=O) groups excluding carboxylic acids is 2. The van der Waals surface area contributed by atoms with Crippen molar-refractivity contribution in [3.63, 3.8) is 0 Å². The molecule has 0 aliphatic carbocycles. The quantitative estimate of drug-likeness (QED) is 0.0316. The summed E-state index contributed by atoms with van der Waals surface area (Å²) in [5.41, 5.74) is 0. The lowest BCUT2D eigenvalue weighted by atomic mass is 9.99. The highest BCUT2D eigenvalue weighted by Gasteiger charge is 2.44. The van der Waals surface area contributed by atoms with E-state index in [0.717, 1.165) is 57.8 Å². The van der Waals surface area contributed by atoms with Gasteiger partial charge in [-0.15, -0.1) is 0 Å². The van der Waals surface area contributed by atoms with Gasteiger partial charge in [0.2, 0.25) is 0 Å². The van der Waals surface area contributed by atoms with Gasteiger partial charge in [-0.05, 0) is 44.9 Å². The predicted octanol–water partition coefficient (Wildman–Crippen LogP) is 7.38. The van der Waals surface area contributed by atoms with Gasteiger partial charge in [-0.2, -0.15) is 0 Å². The second-order valence-corrected chi connectivity index (χ2v) is 13.7. The Bertz CT molecular complexity index is 876. The molecular formula is C40H72O10. The van der Waals surface area contributed by atoms with E-state index in [2.05, 4.69) is 38.2 Å². The van der Waals surface area contributed by atoms with E-state index in [1.165, 1.54) is 70.6 Å². The fraction of sp³-hybridized carbons (Fsp3) is 0.850. The van der Waals surface area contributed by atoms with Crippen molar-refractivity contribution in [3.05, 3.63) is 24.3 Å². The molecule has 1 fully saturated rings. The largest absolute Gasteiger partial charge is 0.462 e. The number of hydrogen-bond acceptors (Lipinski definition) is 10. The Balaban J connectivity index is 2.39. The Kier molecular flexibility index (Phi) is 29.5. The van der Waals surface area contributed by atoms with E-state index in [9.17, 15) is 30.0 Å². The third-order valence-corrected chi connectivity index (χ3v) is 9.09. The lowest BCUT2D eigenvalue weighted by Crippen LogP contribution is -2.59. The SMILES string of the molecule is CCCCCC/C=C\C/C=C\CCCCCCCC(=O)OC(COC(=O)CCCCCCCCCCC)COC1OC(CO)C(O)C(O)C1O. The molecule has 6 atom stereocenters. The van der Waals surface area contributed by atoms with Crippen LogP contribution in [0.25, 0.3) is 0 Å². The summed E-state index contributed by atoms with van der Waals surface area (Å²) in [6.45, 7) is 3.35. The highest BCUT2D eigenvalue weighted by atomic mass is 16.7. The van der Waals surface area contributed by atoms with Crippen molar-refractivity contribution >= 4 is 11.9 Å².